The summed E-state index contributed by atoms with van der Waals surface area (Å²) in [7, 11) is 0. The standard InChI is InChI=1S/C22H25NO4/c1-22(2,3)27-21(25)23-14-13-17(15-23)20(24)16-9-11-19(12-10-16)26-18-7-5-4-6-8-18/h4-12,17H,13-15H2,1-3H3/t17-/m0/s1. The smallest absolute Gasteiger partial charge is 0.410 e. The van der Waals surface area contributed by atoms with E-state index >= 15 is 0 Å². The lowest BCUT2D eigenvalue weighted by Crippen LogP contribution is -2.35. The molecule has 3 rings (SSSR count). The largest absolute Gasteiger partial charge is 0.457 e. The Hall–Kier alpha value is -2.82. The average Bonchev–Trinajstić information content (AvgIpc) is 3.12. The van der Waals surface area contributed by atoms with Crippen molar-refractivity contribution in [2.75, 3.05) is 13.1 Å². The van der Waals surface area contributed by atoms with Crippen LogP contribution in [0.5, 0.6) is 11.5 Å². The molecular formula is C22H25NO4. The van der Waals surface area contributed by atoms with Crippen molar-refractivity contribution in [3.63, 3.8) is 0 Å². The zero-order valence-corrected chi connectivity index (χ0v) is 16.0. The normalized spacial score (nSPS) is 16.9. The topological polar surface area (TPSA) is 55.8 Å². The van der Waals surface area contributed by atoms with Gasteiger partial charge in [0.05, 0.1) is 0 Å². The molecule has 1 aliphatic heterocycles. The van der Waals surface area contributed by atoms with Crippen LogP contribution in [-0.4, -0.2) is 35.5 Å². The highest BCUT2D eigenvalue weighted by Crippen LogP contribution is 2.25. The van der Waals surface area contributed by atoms with Crippen LogP contribution in [0.1, 0.15) is 37.6 Å². The predicted molar refractivity (Wildman–Crippen MR) is 103 cm³/mol. The molecule has 0 saturated carbocycles. The summed E-state index contributed by atoms with van der Waals surface area (Å²) in [4.78, 5) is 26.5. The van der Waals surface area contributed by atoms with Crippen LogP contribution in [0.15, 0.2) is 54.6 Å². The van der Waals surface area contributed by atoms with Crippen LogP contribution in [0.3, 0.4) is 0 Å². The summed E-state index contributed by atoms with van der Waals surface area (Å²) in [6.07, 6.45) is 0.296. The molecule has 27 heavy (non-hydrogen) atoms. The Kier molecular flexibility index (Phi) is 5.49. The fraction of sp³-hybridized carbons (Fsp3) is 0.364. The number of likely N-dealkylation sites (tertiary alicyclic amines) is 1. The van der Waals surface area contributed by atoms with Gasteiger partial charge in [-0.3, -0.25) is 4.79 Å². The van der Waals surface area contributed by atoms with Crippen LogP contribution in [0.4, 0.5) is 4.79 Å². The fourth-order valence-electron chi connectivity index (χ4n) is 3.01. The lowest BCUT2D eigenvalue weighted by molar-refractivity contribution is 0.0289. The van der Waals surface area contributed by atoms with Crippen LogP contribution in [-0.2, 0) is 4.74 Å². The second-order valence-electron chi connectivity index (χ2n) is 7.72. The number of benzene rings is 2. The van der Waals surface area contributed by atoms with Gasteiger partial charge in [-0.1, -0.05) is 18.2 Å². The molecule has 1 heterocycles. The summed E-state index contributed by atoms with van der Waals surface area (Å²) >= 11 is 0. The Morgan fingerprint density at radius 2 is 1.59 bits per heavy atom. The molecule has 0 unspecified atom stereocenters. The van der Waals surface area contributed by atoms with Gasteiger partial charge in [0.1, 0.15) is 17.1 Å². The first-order valence-corrected chi connectivity index (χ1v) is 9.17. The number of hydrogen-bond acceptors (Lipinski definition) is 4. The number of amides is 1. The van der Waals surface area contributed by atoms with Gasteiger partial charge in [-0.15, -0.1) is 0 Å². The molecule has 0 N–H and O–H groups in total. The third-order valence-corrected chi connectivity index (χ3v) is 4.33. The molecule has 0 radical (unpaired) electrons. The summed E-state index contributed by atoms with van der Waals surface area (Å²) in [5.74, 6) is 1.28. The first-order valence-electron chi connectivity index (χ1n) is 9.17. The maximum absolute atomic E-state index is 12.8. The first-order chi connectivity index (χ1) is 12.8. The molecule has 2 aromatic rings. The number of para-hydroxylation sites is 1. The van der Waals surface area contributed by atoms with Crippen LogP contribution >= 0.6 is 0 Å². The maximum Gasteiger partial charge on any atom is 0.410 e. The van der Waals surface area contributed by atoms with E-state index in [0.29, 0.717) is 30.8 Å². The van der Waals surface area contributed by atoms with Gasteiger partial charge in [-0.2, -0.15) is 0 Å². The van der Waals surface area contributed by atoms with Gasteiger partial charge >= 0.3 is 6.09 Å². The lowest BCUT2D eigenvalue weighted by atomic mass is 9.97. The van der Waals surface area contributed by atoms with Gasteiger partial charge in [-0.05, 0) is 63.6 Å². The molecular weight excluding hydrogens is 342 g/mol. The van der Waals surface area contributed by atoms with E-state index in [4.69, 9.17) is 9.47 Å². The zero-order valence-electron chi connectivity index (χ0n) is 16.0. The minimum absolute atomic E-state index is 0.0484. The Balaban J connectivity index is 1.59. The molecule has 1 atom stereocenters. The maximum atomic E-state index is 12.8. The molecule has 0 bridgehead atoms. The van der Waals surface area contributed by atoms with E-state index in [2.05, 4.69) is 0 Å². The van der Waals surface area contributed by atoms with Gasteiger partial charge < -0.3 is 14.4 Å². The summed E-state index contributed by atoms with van der Waals surface area (Å²) in [5.41, 5.74) is 0.0970. The summed E-state index contributed by atoms with van der Waals surface area (Å²) in [6.45, 7) is 6.45. The van der Waals surface area contributed by atoms with E-state index in [9.17, 15) is 9.59 Å². The molecule has 142 valence electrons. The third kappa shape index (κ3) is 5.09. The minimum atomic E-state index is -0.534. The van der Waals surface area contributed by atoms with Crippen LogP contribution in [0, 0.1) is 5.92 Å². The lowest BCUT2D eigenvalue weighted by Gasteiger charge is -2.24. The number of carbonyl (C=O) groups excluding carboxylic acids is 2. The molecule has 2 aromatic carbocycles. The zero-order chi connectivity index (χ0) is 19.4. The van der Waals surface area contributed by atoms with Crippen LogP contribution in [0.25, 0.3) is 0 Å². The van der Waals surface area contributed by atoms with E-state index in [-0.39, 0.29) is 17.8 Å². The Labute approximate surface area is 159 Å². The molecule has 1 aliphatic rings. The number of ketones is 1. The third-order valence-electron chi connectivity index (χ3n) is 4.33. The van der Waals surface area contributed by atoms with Gasteiger partial charge in [0.25, 0.3) is 0 Å². The fourth-order valence-corrected chi connectivity index (χ4v) is 3.01. The number of carbonyl (C=O) groups is 2. The van der Waals surface area contributed by atoms with Gasteiger partial charge in [0, 0.05) is 24.6 Å². The second kappa shape index (κ2) is 7.82. The van der Waals surface area contributed by atoms with Crippen molar-refractivity contribution >= 4 is 11.9 Å². The van der Waals surface area contributed by atoms with Gasteiger partial charge in [0.15, 0.2) is 5.78 Å². The number of hydrogen-bond donors (Lipinski definition) is 0. The molecule has 1 saturated heterocycles. The molecule has 0 aromatic heterocycles. The van der Waals surface area contributed by atoms with E-state index in [1.54, 1.807) is 29.2 Å². The Bertz CT molecular complexity index is 793. The Morgan fingerprint density at radius 1 is 0.963 bits per heavy atom. The second-order valence-corrected chi connectivity index (χ2v) is 7.72. The molecule has 1 fully saturated rings. The van der Waals surface area contributed by atoms with Crippen molar-refractivity contribution in [1.29, 1.82) is 0 Å². The molecule has 5 nitrogen and oxygen atoms in total. The number of nitrogens with zero attached hydrogens (tertiary/aromatic N) is 1. The van der Waals surface area contributed by atoms with Crippen molar-refractivity contribution in [2.24, 2.45) is 5.92 Å². The van der Waals surface area contributed by atoms with E-state index in [1.165, 1.54) is 0 Å². The number of rotatable bonds is 4. The highest BCUT2D eigenvalue weighted by molar-refractivity contribution is 5.98. The van der Waals surface area contributed by atoms with Crippen LogP contribution < -0.4 is 4.74 Å². The van der Waals surface area contributed by atoms with E-state index in [0.717, 1.165) is 5.75 Å². The first kappa shape index (κ1) is 19.0. The SMILES string of the molecule is CC(C)(C)OC(=O)N1CC[C@H](C(=O)c2ccc(Oc3ccccc3)cc2)C1. The number of ether oxygens (including phenoxy) is 2. The summed E-state index contributed by atoms with van der Waals surface area (Å²) in [5, 5.41) is 0. The van der Waals surface area contributed by atoms with E-state index < -0.39 is 5.60 Å². The molecule has 1 amide bonds. The average molecular weight is 367 g/mol. The monoisotopic (exact) mass is 367 g/mol. The molecule has 0 aliphatic carbocycles. The van der Waals surface area contributed by atoms with Crippen LogP contribution in [0.2, 0.25) is 0 Å². The van der Waals surface area contributed by atoms with Gasteiger partial charge in [0.2, 0.25) is 0 Å². The van der Waals surface area contributed by atoms with E-state index in [1.807, 2.05) is 51.1 Å². The quantitative estimate of drug-likeness (QED) is 0.720. The van der Waals surface area contributed by atoms with Crippen molar-refractivity contribution in [3.8, 4) is 11.5 Å². The highest BCUT2D eigenvalue weighted by Gasteiger charge is 2.33. The highest BCUT2D eigenvalue weighted by atomic mass is 16.6. The summed E-state index contributed by atoms with van der Waals surface area (Å²) in [6, 6.07) is 16.6. The molecule has 0 spiro atoms. The van der Waals surface area contributed by atoms with Crippen molar-refractivity contribution in [2.45, 2.75) is 32.8 Å². The van der Waals surface area contributed by atoms with Crippen molar-refractivity contribution in [1.82, 2.24) is 4.90 Å². The Morgan fingerprint density at radius 3 is 2.22 bits per heavy atom. The van der Waals surface area contributed by atoms with Gasteiger partial charge in [-0.25, -0.2) is 4.79 Å². The van der Waals surface area contributed by atoms with Crippen molar-refractivity contribution in [3.05, 3.63) is 60.2 Å². The summed E-state index contributed by atoms with van der Waals surface area (Å²) < 4.78 is 11.1. The minimum Gasteiger partial charge on any atom is -0.457 e. The predicted octanol–water partition coefficient (Wildman–Crippen LogP) is 4.92. The molecule has 5 heteroatoms. The van der Waals surface area contributed by atoms with Crippen molar-refractivity contribution < 1.29 is 19.1 Å². The number of Topliss-reactive ketones (excluding diaryl/α,β-unsaturated/α-hetero) is 1.